The van der Waals surface area contributed by atoms with Gasteiger partial charge >= 0.3 is 5.97 Å². The molecule has 0 aromatic heterocycles. The molecule has 0 amide bonds. The molecule has 0 atom stereocenters. The molecule has 120 valence electrons. The number of methoxy groups -OCH3 is 1. The molecule has 2 aromatic rings. The van der Waals surface area contributed by atoms with E-state index in [1.165, 1.54) is 11.6 Å². The molecule has 0 spiro atoms. The van der Waals surface area contributed by atoms with Crippen molar-refractivity contribution in [2.75, 3.05) is 7.11 Å². The second kappa shape index (κ2) is 8.01. The minimum atomic E-state index is -0.987. The predicted molar refractivity (Wildman–Crippen MR) is 97.9 cm³/mol. The van der Waals surface area contributed by atoms with E-state index in [4.69, 9.17) is 14.6 Å². The molecule has 0 aliphatic rings. The maximum Gasteiger partial charge on any atom is 0.328 e. The number of benzene rings is 2. The Morgan fingerprint density at radius 3 is 2.70 bits per heavy atom. The highest BCUT2D eigenvalue weighted by Crippen LogP contribution is 2.35. The zero-order valence-corrected chi connectivity index (χ0v) is 15.0. The number of carboxylic acids is 1. The third-order valence-electron chi connectivity index (χ3n) is 3.30. The second-order valence-electron chi connectivity index (χ2n) is 4.92. The molecular formula is C18H17IO4. The lowest BCUT2D eigenvalue weighted by Crippen LogP contribution is -2.01. The summed E-state index contributed by atoms with van der Waals surface area (Å²) in [6, 6.07) is 11.7. The lowest BCUT2D eigenvalue weighted by Gasteiger charge is -2.14. The van der Waals surface area contributed by atoms with Crippen LogP contribution >= 0.6 is 22.6 Å². The van der Waals surface area contributed by atoms with Gasteiger partial charge in [0.1, 0.15) is 6.61 Å². The normalized spacial score (nSPS) is 10.7. The molecule has 0 fully saturated rings. The monoisotopic (exact) mass is 424 g/mol. The van der Waals surface area contributed by atoms with Gasteiger partial charge in [-0.1, -0.05) is 24.3 Å². The molecule has 4 nitrogen and oxygen atoms in total. The molecule has 0 bridgehead atoms. The summed E-state index contributed by atoms with van der Waals surface area (Å²) in [6.45, 7) is 2.49. The van der Waals surface area contributed by atoms with Crippen molar-refractivity contribution in [3.05, 3.63) is 62.7 Å². The van der Waals surface area contributed by atoms with Gasteiger partial charge in [-0.25, -0.2) is 4.79 Å². The molecule has 0 saturated heterocycles. The van der Waals surface area contributed by atoms with Gasteiger partial charge in [-0.05, 0) is 64.4 Å². The van der Waals surface area contributed by atoms with Crippen LogP contribution in [-0.4, -0.2) is 18.2 Å². The quantitative estimate of drug-likeness (QED) is 0.556. The lowest BCUT2D eigenvalue weighted by molar-refractivity contribution is -0.131. The maximum absolute atomic E-state index is 10.6. The number of ether oxygens (including phenoxy) is 2. The first-order valence-electron chi connectivity index (χ1n) is 6.97. The van der Waals surface area contributed by atoms with Gasteiger partial charge in [0.05, 0.1) is 10.7 Å². The molecule has 0 aliphatic heterocycles. The Labute approximate surface area is 148 Å². The second-order valence-corrected chi connectivity index (χ2v) is 6.08. The van der Waals surface area contributed by atoms with Crippen molar-refractivity contribution in [1.29, 1.82) is 0 Å². The highest BCUT2D eigenvalue weighted by molar-refractivity contribution is 14.1. The summed E-state index contributed by atoms with van der Waals surface area (Å²) >= 11 is 2.16. The van der Waals surface area contributed by atoms with Gasteiger partial charge in [0.2, 0.25) is 0 Å². The fourth-order valence-electron chi connectivity index (χ4n) is 2.07. The van der Waals surface area contributed by atoms with E-state index in [-0.39, 0.29) is 0 Å². The van der Waals surface area contributed by atoms with Gasteiger partial charge in [0, 0.05) is 6.08 Å². The van der Waals surface area contributed by atoms with Gasteiger partial charge < -0.3 is 14.6 Å². The molecule has 0 saturated carbocycles. The number of hydrogen-bond donors (Lipinski definition) is 1. The third kappa shape index (κ3) is 4.72. The van der Waals surface area contributed by atoms with Crippen molar-refractivity contribution in [3.63, 3.8) is 0 Å². The SMILES string of the molecule is COc1cc(/C=C/C(=O)O)cc(I)c1OCc1ccccc1C. The summed E-state index contributed by atoms with van der Waals surface area (Å²) in [5.41, 5.74) is 3.03. The summed E-state index contributed by atoms with van der Waals surface area (Å²) in [4.78, 5) is 10.6. The Morgan fingerprint density at radius 1 is 1.30 bits per heavy atom. The fourth-order valence-corrected chi connectivity index (χ4v) is 2.85. The highest BCUT2D eigenvalue weighted by atomic mass is 127. The first-order chi connectivity index (χ1) is 11.0. The van der Waals surface area contributed by atoms with Crippen LogP contribution in [0.4, 0.5) is 0 Å². The van der Waals surface area contributed by atoms with E-state index in [9.17, 15) is 4.79 Å². The van der Waals surface area contributed by atoms with Crippen LogP contribution in [0.1, 0.15) is 16.7 Å². The summed E-state index contributed by atoms with van der Waals surface area (Å²) in [6.07, 6.45) is 2.62. The van der Waals surface area contributed by atoms with Gasteiger partial charge in [0.15, 0.2) is 11.5 Å². The number of carboxylic acid groups (broad SMARTS) is 1. The van der Waals surface area contributed by atoms with Crippen LogP contribution in [0, 0.1) is 10.5 Å². The zero-order chi connectivity index (χ0) is 16.8. The van der Waals surface area contributed by atoms with Gasteiger partial charge in [-0.2, -0.15) is 0 Å². The Bertz CT molecular complexity index is 738. The van der Waals surface area contributed by atoms with Gasteiger partial charge in [-0.3, -0.25) is 0 Å². The number of rotatable bonds is 6. The average molecular weight is 424 g/mol. The van der Waals surface area contributed by atoms with Gasteiger partial charge in [0.25, 0.3) is 0 Å². The smallest absolute Gasteiger partial charge is 0.328 e. The van der Waals surface area contributed by atoms with Crippen molar-refractivity contribution >= 4 is 34.6 Å². The zero-order valence-electron chi connectivity index (χ0n) is 12.9. The van der Waals surface area contributed by atoms with Crippen LogP contribution in [-0.2, 0) is 11.4 Å². The Hall–Kier alpha value is -2.02. The lowest BCUT2D eigenvalue weighted by atomic mass is 10.1. The van der Waals surface area contributed by atoms with E-state index < -0.39 is 5.97 Å². The average Bonchev–Trinajstić information content (AvgIpc) is 2.52. The topological polar surface area (TPSA) is 55.8 Å². The van der Waals surface area contributed by atoms with Crippen LogP contribution in [0.25, 0.3) is 6.08 Å². The number of aryl methyl sites for hydroxylation is 1. The number of halogens is 1. The van der Waals surface area contributed by atoms with Crippen LogP contribution in [0.3, 0.4) is 0 Å². The summed E-state index contributed by atoms with van der Waals surface area (Å²) in [5.74, 6) is 0.248. The van der Waals surface area contributed by atoms with Crippen molar-refractivity contribution in [1.82, 2.24) is 0 Å². The largest absolute Gasteiger partial charge is 0.493 e. The number of hydrogen-bond acceptors (Lipinski definition) is 3. The molecule has 0 aliphatic carbocycles. The molecular weight excluding hydrogens is 407 g/mol. The van der Waals surface area contributed by atoms with Crippen LogP contribution in [0.15, 0.2) is 42.5 Å². The van der Waals surface area contributed by atoms with E-state index in [2.05, 4.69) is 22.6 Å². The van der Waals surface area contributed by atoms with Crippen LogP contribution in [0.5, 0.6) is 11.5 Å². The van der Waals surface area contributed by atoms with E-state index >= 15 is 0 Å². The number of carbonyl (C=O) groups is 1. The van der Waals surface area contributed by atoms with E-state index in [1.807, 2.05) is 37.3 Å². The Balaban J connectivity index is 2.24. The predicted octanol–water partition coefficient (Wildman–Crippen LogP) is 4.29. The molecule has 5 heteroatoms. The van der Waals surface area contributed by atoms with Crippen molar-refractivity contribution in [3.8, 4) is 11.5 Å². The molecule has 0 heterocycles. The van der Waals surface area contributed by atoms with Gasteiger partial charge in [-0.15, -0.1) is 0 Å². The summed E-state index contributed by atoms with van der Waals surface area (Å²) in [7, 11) is 1.57. The molecule has 23 heavy (non-hydrogen) atoms. The van der Waals surface area contributed by atoms with Crippen LogP contribution < -0.4 is 9.47 Å². The Kier molecular flexibility index (Phi) is 6.04. The first kappa shape index (κ1) is 17.3. The molecule has 0 unspecified atom stereocenters. The minimum absolute atomic E-state index is 0.448. The first-order valence-corrected chi connectivity index (χ1v) is 8.05. The van der Waals surface area contributed by atoms with Crippen molar-refractivity contribution < 1.29 is 19.4 Å². The summed E-state index contributed by atoms with van der Waals surface area (Å²) < 4.78 is 12.2. The maximum atomic E-state index is 10.6. The molecule has 0 radical (unpaired) electrons. The van der Waals surface area contributed by atoms with Crippen molar-refractivity contribution in [2.24, 2.45) is 0 Å². The molecule has 1 N–H and O–H groups in total. The molecule has 2 aromatic carbocycles. The highest BCUT2D eigenvalue weighted by Gasteiger charge is 2.11. The fraction of sp³-hybridized carbons (Fsp3) is 0.167. The standard InChI is InChI=1S/C18H17IO4/c1-12-5-3-4-6-14(12)11-23-18-15(19)9-13(7-8-17(20)21)10-16(18)22-2/h3-10H,11H2,1-2H3,(H,20,21)/b8-7+. The minimum Gasteiger partial charge on any atom is -0.493 e. The Morgan fingerprint density at radius 2 is 2.04 bits per heavy atom. The van der Waals surface area contributed by atoms with E-state index in [1.54, 1.807) is 13.2 Å². The summed E-state index contributed by atoms with van der Waals surface area (Å²) in [5, 5.41) is 8.72. The molecule has 2 rings (SSSR count). The van der Waals surface area contributed by atoms with Crippen molar-refractivity contribution in [2.45, 2.75) is 13.5 Å². The third-order valence-corrected chi connectivity index (χ3v) is 4.10. The number of aliphatic carboxylic acids is 1. The van der Waals surface area contributed by atoms with Crippen LogP contribution in [0.2, 0.25) is 0 Å². The van der Waals surface area contributed by atoms with E-state index in [0.29, 0.717) is 18.1 Å². The van der Waals surface area contributed by atoms with E-state index in [0.717, 1.165) is 20.8 Å².